The zero-order valence-corrected chi connectivity index (χ0v) is 7.67. The lowest BCUT2D eigenvalue weighted by molar-refractivity contribution is -0.116. The summed E-state index contributed by atoms with van der Waals surface area (Å²) in [6.07, 6.45) is 4.86. The summed E-state index contributed by atoms with van der Waals surface area (Å²) < 4.78 is 0. The van der Waals surface area contributed by atoms with E-state index in [1.54, 1.807) is 0 Å². The van der Waals surface area contributed by atoms with Crippen LogP contribution in [0.15, 0.2) is 23.1 Å². The van der Waals surface area contributed by atoms with Gasteiger partial charge >= 0.3 is 0 Å². The number of thiol groups is 1. The first-order valence-corrected chi connectivity index (χ1v) is 3.95. The monoisotopic (exact) mass is 185 g/mol. The molecule has 0 saturated heterocycles. The number of nitrogens with one attached hydrogen (secondary N) is 1. The van der Waals surface area contributed by atoms with E-state index in [-0.39, 0.29) is 10.8 Å². The minimum atomic E-state index is -0.180. The fourth-order valence-electron chi connectivity index (χ4n) is 0.507. The predicted molar refractivity (Wildman–Crippen MR) is 51.0 cm³/mol. The Kier molecular flexibility index (Phi) is 6.09. The highest BCUT2D eigenvalue weighted by molar-refractivity contribution is 7.85. The van der Waals surface area contributed by atoms with Crippen molar-refractivity contribution in [1.82, 2.24) is 5.32 Å². The van der Waals surface area contributed by atoms with Crippen molar-refractivity contribution in [2.24, 2.45) is 0 Å². The average Bonchev–Trinajstić information content (AvgIpc) is 2.04. The van der Waals surface area contributed by atoms with Gasteiger partial charge in [0.05, 0.1) is 0 Å². The van der Waals surface area contributed by atoms with E-state index in [0.29, 0.717) is 12.8 Å². The molecule has 12 heavy (non-hydrogen) atoms. The maximum atomic E-state index is 10.8. The first-order valence-electron chi connectivity index (χ1n) is 3.51. The first-order chi connectivity index (χ1) is 5.70. The molecule has 0 unspecified atom stereocenters. The molecule has 0 spiro atoms. The molecule has 0 bridgehead atoms. The number of rotatable bonds is 4. The van der Waals surface area contributed by atoms with Crippen LogP contribution in [0.3, 0.4) is 0 Å². The lowest BCUT2D eigenvalue weighted by Crippen LogP contribution is -2.19. The van der Waals surface area contributed by atoms with Crippen molar-refractivity contribution in [2.45, 2.75) is 6.92 Å². The highest BCUT2D eigenvalue weighted by atomic mass is 32.1. The molecular formula is C8H11NO2S. The number of aldehydes is 1. The molecule has 0 aromatic carbocycles. The largest absolute Gasteiger partial charge is 0.353 e. The molecule has 0 aromatic rings. The van der Waals surface area contributed by atoms with Gasteiger partial charge in [-0.05, 0) is 13.0 Å². The van der Waals surface area contributed by atoms with Crippen molar-refractivity contribution >= 4 is 24.8 Å². The second-order valence-corrected chi connectivity index (χ2v) is 2.48. The number of allylic oxidation sites excluding steroid dienone is 3. The van der Waals surface area contributed by atoms with E-state index in [0.717, 1.165) is 0 Å². The molecule has 3 nitrogen and oxygen atoms in total. The second kappa shape index (κ2) is 6.67. The maximum absolute atomic E-state index is 10.8. The van der Waals surface area contributed by atoms with Crippen molar-refractivity contribution in [1.29, 1.82) is 0 Å². The molecule has 1 amide bonds. The zero-order chi connectivity index (χ0) is 9.40. The van der Waals surface area contributed by atoms with Crippen LogP contribution in [0.1, 0.15) is 6.92 Å². The average molecular weight is 185 g/mol. The molecule has 1 N–H and O–H groups in total. The van der Waals surface area contributed by atoms with Crippen LogP contribution in [0.4, 0.5) is 0 Å². The molecule has 0 rings (SSSR count). The zero-order valence-electron chi connectivity index (χ0n) is 6.78. The fourth-order valence-corrected chi connectivity index (χ4v) is 0.593. The van der Waals surface area contributed by atoms with Crippen molar-refractivity contribution < 1.29 is 9.59 Å². The number of likely N-dealkylation sites (N-methyl/N-ethyl adjacent to an activating group) is 1. The van der Waals surface area contributed by atoms with Crippen molar-refractivity contribution in [3.63, 3.8) is 0 Å². The van der Waals surface area contributed by atoms with Crippen LogP contribution in [0, 0.1) is 0 Å². The third-order valence-corrected chi connectivity index (χ3v) is 1.24. The van der Waals surface area contributed by atoms with Crippen LogP contribution >= 0.6 is 12.6 Å². The van der Waals surface area contributed by atoms with E-state index in [1.165, 1.54) is 18.2 Å². The van der Waals surface area contributed by atoms with Crippen LogP contribution in [0.25, 0.3) is 0 Å². The number of carbonyl (C=O) groups excluding carboxylic acids is 2. The third-order valence-electron chi connectivity index (χ3n) is 0.986. The van der Waals surface area contributed by atoms with Crippen LogP contribution < -0.4 is 5.32 Å². The lowest BCUT2D eigenvalue weighted by Gasteiger charge is -1.92. The smallest absolute Gasteiger partial charge is 0.243 e. The van der Waals surface area contributed by atoms with Gasteiger partial charge in [-0.15, -0.1) is 12.6 Å². The Balaban J connectivity index is 3.90. The Bertz CT molecular complexity index is 221. The van der Waals surface area contributed by atoms with Crippen LogP contribution in [0.5, 0.6) is 0 Å². The summed E-state index contributed by atoms with van der Waals surface area (Å²) in [5.41, 5.74) is 0. The Morgan fingerprint density at radius 1 is 1.58 bits per heavy atom. The van der Waals surface area contributed by atoms with Crippen LogP contribution in [-0.2, 0) is 9.59 Å². The van der Waals surface area contributed by atoms with Gasteiger partial charge in [0.15, 0.2) is 6.29 Å². The maximum Gasteiger partial charge on any atom is 0.243 e. The molecular weight excluding hydrogens is 174 g/mol. The molecule has 0 aliphatic rings. The van der Waals surface area contributed by atoms with E-state index in [4.69, 9.17) is 0 Å². The number of hydrogen-bond donors (Lipinski definition) is 2. The summed E-state index contributed by atoms with van der Waals surface area (Å²) in [5.74, 6) is -0.180. The second-order valence-electron chi connectivity index (χ2n) is 1.96. The van der Waals surface area contributed by atoms with Crippen LogP contribution in [0.2, 0.25) is 0 Å². The Labute approximate surface area is 76.9 Å². The van der Waals surface area contributed by atoms with Crippen molar-refractivity contribution in [2.75, 3.05) is 6.54 Å². The number of hydrogen-bond acceptors (Lipinski definition) is 3. The molecule has 0 heterocycles. The van der Waals surface area contributed by atoms with E-state index >= 15 is 0 Å². The lowest BCUT2D eigenvalue weighted by atomic mass is 10.4. The molecule has 0 aliphatic carbocycles. The SMILES string of the molecule is CCNC(=O)/C=C/C=C(\S)C=O. The van der Waals surface area contributed by atoms with E-state index in [1.807, 2.05) is 6.92 Å². The highest BCUT2D eigenvalue weighted by Crippen LogP contribution is 1.94. The van der Waals surface area contributed by atoms with Crippen molar-refractivity contribution in [3.8, 4) is 0 Å². The molecule has 0 saturated carbocycles. The van der Waals surface area contributed by atoms with Gasteiger partial charge in [0.1, 0.15) is 0 Å². The molecule has 0 fully saturated rings. The first kappa shape index (κ1) is 11.0. The van der Waals surface area contributed by atoms with Gasteiger partial charge in [-0.25, -0.2) is 0 Å². The van der Waals surface area contributed by atoms with Gasteiger partial charge in [-0.3, -0.25) is 9.59 Å². The van der Waals surface area contributed by atoms with Gasteiger partial charge in [-0.2, -0.15) is 0 Å². The van der Waals surface area contributed by atoms with Gasteiger partial charge in [0.2, 0.25) is 5.91 Å². The van der Waals surface area contributed by atoms with Gasteiger partial charge < -0.3 is 5.32 Å². The van der Waals surface area contributed by atoms with Crippen molar-refractivity contribution in [3.05, 3.63) is 23.1 Å². The minimum Gasteiger partial charge on any atom is -0.353 e. The quantitative estimate of drug-likeness (QED) is 0.293. The van der Waals surface area contributed by atoms with Gasteiger partial charge in [0.25, 0.3) is 0 Å². The molecule has 0 aliphatic heterocycles. The molecule has 4 heteroatoms. The Morgan fingerprint density at radius 3 is 2.75 bits per heavy atom. The molecule has 0 aromatic heterocycles. The normalized spacial score (nSPS) is 11.7. The number of amides is 1. The fraction of sp³-hybridized carbons (Fsp3) is 0.250. The minimum absolute atomic E-state index is 0.180. The van der Waals surface area contributed by atoms with E-state index in [2.05, 4.69) is 17.9 Å². The standard InChI is InChI=1S/C8H11NO2S/c1-2-9-8(11)5-3-4-7(12)6-10/h3-6,12H,2H2,1H3,(H,9,11)/b5-3+,7-4-. The molecule has 0 atom stereocenters. The Morgan fingerprint density at radius 2 is 2.25 bits per heavy atom. The molecule has 0 radical (unpaired) electrons. The summed E-state index contributed by atoms with van der Waals surface area (Å²) in [6.45, 7) is 2.42. The van der Waals surface area contributed by atoms with Gasteiger partial charge in [0, 0.05) is 17.5 Å². The summed E-state index contributed by atoms with van der Waals surface area (Å²) >= 11 is 3.79. The Hall–Kier alpha value is -1.03. The summed E-state index contributed by atoms with van der Waals surface area (Å²) in [6, 6.07) is 0. The van der Waals surface area contributed by atoms with E-state index < -0.39 is 0 Å². The number of carbonyl (C=O) groups is 2. The van der Waals surface area contributed by atoms with Crippen LogP contribution in [-0.4, -0.2) is 18.7 Å². The summed E-state index contributed by atoms with van der Waals surface area (Å²) in [7, 11) is 0. The highest BCUT2D eigenvalue weighted by Gasteiger charge is 1.88. The molecule has 66 valence electrons. The predicted octanol–water partition coefficient (Wildman–Crippen LogP) is 0.691. The van der Waals surface area contributed by atoms with E-state index in [9.17, 15) is 9.59 Å². The topological polar surface area (TPSA) is 46.2 Å². The third kappa shape index (κ3) is 5.73. The van der Waals surface area contributed by atoms with Gasteiger partial charge in [-0.1, -0.05) is 6.08 Å². The summed E-state index contributed by atoms with van der Waals surface area (Å²) in [4.78, 5) is 21.1. The summed E-state index contributed by atoms with van der Waals surface area (Å²) in [5, 5.41) is 2.57.